The maximum atomic E-state index is 13.9. The van der Waals surface area contributed by atoms with Gasteiger partial charge in [-0.1, -0.05) is 0 Å². The van der Waals surface area contributed by atoms with E-state index in [4.69, 9.17) is 5.73 Å². The highest BCUT2D eigenvalue weighted by atomic mass is 19.1. The normalized spacial score (nSPS) is 22.7. The second-order valence-electron chi connectivity index (χ2n) is 6.12. The lowest BCUT2D eigenvalue weighted by atomic mass is 10.0. The maximum Gasteiger partial charge on any atom is 0.166 e. The number of piperazine rings is 1. The van der Waals surface area contributed by atoms with E-state index in [0.29, 0.717) is 17.4 Å². The first-order valence-electron chi connectivity index (χ1n) is 7.71. The summed E-state index contributed by atoms with van der Waals surface area (Å²) in [5, 5.41) is 0. The van der Waals surface area contributed by atoms with Crippen LogP contribution in [0.25, 0.3) is 0 Å². The molecule has 0 radical (unpaired) electrons. The minimum atomic E-state index is -0.312. The molecule has 1 aromatic rings. The van der Waals surface area contributed by atoms with E-state index in [9.17, 15) is 4.39 Å². The Labute approximate surface area is 125 Å². The van der Waals surface area contributed by atoms with Gasteiger partial charge in [-0.3, -0.25) is 9.88 Å². The van der Waals surface area contributed by atoms with Gasteiger partial charge in [0.1, 0.15) is 0 Å². The fourth-order valence-electron chi connectivity index (χ4n) is 3.42. The van der Waals surface area contributed by atoms with Crippen LogP contribution in [0.2, 0.25) is 0 Å². The molecule has 2 saturated heterocycles. The number of piperidine rings is 1. The number of hydrogen-bond acceptors (Lipinski definition) is 5. The zero-order valence-electron chi connectivity index (χ0n) is 12.6. The highest BCUT2D eigenvalue weighted by Crippen LogP contribution is 2.29. The highest BCUT2D eigenvalue weighted by molar-refractivity contribution is 5.67. The summed E-state index contributed by atoms with van der Waals surface area (Å²) in [6, 6.07) is 0.626. The first-order valence-corrected chi connectivity index (χ1v) is 7.71. The Morgan fingerprint density at radius 1 is 1.10 bits per heavy atom. The summed E-state index contributed by atoms with van der Waals surface area (Å²) in [5.74, 6) is -0.312. The monoisotopic (exact) mass is 293 g/mol. The quantitative estimate of drug-likeness (QED) is 0.882. The number of likely N-dealkylation sites (N-methyl/N-ethyl adjacent to an activating group) is 1. The molecule has 0 saturated carbocycles. The van der Waals surface area contributed by atoms with Crippen molar-refractivity contribution < 1.29 is 4.39 Å². The van der Waals surface area contributed by atoms with Crippen LogP contribution in [0.15, 0.2) is 12.4 Å². The molecule has 0 amide bonds. The van der Waals surface area contributed by atoms with Gasteiger partial charge in [0.2, 0.25) is 0 Å². The molecule has 0 bridgehead atoms. The summed E-state index contributed by atoms with van der Waals surface area (Å²) >= 11 is 0. The minimum Gasteiger partial charge on any atom is -0.396 e. The van der Waals surface area contributed by atoms with Crippen molar-refractivity contribution in [3.63, 3.8) is 0 Å². The van der Waals surface area contributed by atoms with Gasteiger partial charge in [0.25, 0.3) is 0 Å². The van der Waals surface area contributed by atoms with E-state index in [1.54, 1.807) is 0 Å². The number of rotatable bonds is 2. The van der Waals surface area contributed by atoms with E-state index in [1.807, 2.05) is 0 Å². The predicted molar refractivity (Wildman–Crippen MR) is 82.9 cm³/mol. The lowest BCUT2D eigenvalue weighted by molar-refractivity contribution is 0.0981. The van der Waals surface area contributed by atoms with Crippen LogP contribution < -0.4 is 10.6 Å². The second kappa shape index (κ2) is 6.15. The van der Waals surface area contributed by atoms with Crippen LogP contribution in [0.1, 0.15) is 12.8 Å². The Morgan fingerprint density at radius 2 is 1.76 bits per heavy atom. The van der Waals surface area contributed by atoms with Crippen molar-refractivity contribution in [3.05, 3.63) is 18.2 Å². The van der Waals surface area contributed by atoms with Crippen molar-refractivity contribution in [1.29, 1.82) is 0 Å². The summed E-state index contributed by atoms with van der Waals surface area (Å²) < 4.78 is 13.9. The second-order valence-corrected chi connectivity index (χ2v) is 6.12. The average molecular weight is 293 g/mol. The van der Waals surface area contributed by atoms with E-state index in [1.165, 1.54) is 12.4 Å². The van der Waals surface area contributed by atoms with Gasteiger partial charge < -0.3 is 15.5 Å². The summed E-state index contributed by atoms with van der Waals surface area (Å²) in [5.41, 5.74) is 6.85. The summed E-state index contributed by atoms with van der Waals surface area (Å²) in [6.07, 6.45) is 4.93. The van der Waals surface area contributed by atoms with Gasteiger partial charge in [0, 0.05) is 45.3 Å². The lowest BCUT2D eigenvalue weighted by Crippen LogP contribution is -2.52. The van der Waals surface area contributed by atoms with Crippen molar-refractivity contribution in [2.75, 3.05) is 56.9 Å². The first kappa shape index (κ1) is 14.5. The summed E-state index contributed by atoms with van der Waals surface area (Å²) in [4.78, 5) is 10.8. The Morgan fingerprint density at radius 3 is 2.38 bits per heavy atom. The third-order valence-electron chi connectivity index (χ3n) is 4.74. The summed E-state index contributed by atoms with van der Waals surface area (Å²) in [7, 11) is 2.18. The fraction of sp³-hybridized carbons (Fsp3) is 0.667. The van der Waals surface area contributed by atoms with Crippen molar-refractivity contribution >= 4 is 11.4 Å². The van der Waals surface area contributed by atoms with Gasteiger partial charge >= 0.3 is 0 Å². The Kier molecular flexibility index (Phi) is 4.26. The van der Waals surface area contributed by atoms with Crippen LogP contribution in [0, 0.1) is 5.82 Å². The number of nitrogen functional groups attached to an aromatic ring is 1. The fourth-order valence-corrected chi connectivity index (χ4v) is 3.42. The van der Waals surface area contributed by atoms with Crippen LogP contribution in [-0.2, 0) is 0 Å². The Bertz CT molecular complexity index is 459. The summed E-state index contributed by atoms with van der Waals surface area (Å²) in [6.45, 7) is 6.31. The number of aromatic nitrogens is 1. The standard InChI is InChI=1S/C15H24FN5/c1-19-6-8-20(9-7-19)12-2-4-21(5-3-12)15-13(16)10-18-11-14(15)17/h10-12H,2-9,17H2,1H3. The van der Waals surface area contributed by atoms with E-state index >= 15 is 0 Å². The Balaban J connectivity index is 1.60. The molecule has 21 heavy (non-hydrogen) atoms. The molecular formula is C15H24FN5. The van der Waals surface area contributed by atoms with Crippen molar-refractivity contribution in [3.8, 4) is 0 Å². The smallest absolute Gasteiger partial charge is 0.166 e. The van der Waals surface area contributed by atoms with Crippen LogP contribution in [0.3, 0.4) is 0 Å². The van der Waals surface area contributed by atoms with E-state index < -0.39 is 0 Å². The number of halogens is 1. The van der Waals surface area contributed by atoms with E-state index in [0.717, 1.165) is 52.1 Å². The van der Waals surface area contributed by atoms with Crippen molar-refractivity contribution in [2.24, 2.45) is 0 Å². The third kappa shape index (κ3) is 3.11. The van der Waals surface area contributed by atoms with Gasteiger partial charge in [-0.2, -0.15) is 0 Å². The van der Waals surface area contributed by atoms with Crippen LogP contribution in [0.4, 0.5) is 15.8 Å². The lowest BCUT2D eigenvalue weighted by Gasteiger charge is -2.42. The average Bonchev–Trinajstić information content (AvgIpc) is 2.49. The third-order valence-corrected chi connectivity index (χ3v) is 4.74. The molecule has 1 aromatic heterocycles. The van der Waals surface area contributed by atoms with Gasteiger partial charge in [-0.05, 0) is 19.9 Å². The molecule has 0 aromatic carbocycles. The Hall–Kier alpha value is -1.40. The molecule has 0 spiro atoms. The highest BCUT2D eigenvalue weighted by Gasteiger charge is 2.28. The topological polar surface area (TPSA) is 48.6 Å². The SMILES string of the molecule is CN1CCN(C2CCN(c3c(N)cncc3F)CC2)CC1. The molecule has 3 heterocycles. The zero-order valence-corrected chi connectivity index (χ0v) is 12.6. The number of nitrogens with two attached hydrogens (primary N) is 1. The molecule has 0 unspecified atom stereocenters. The predicted octanol–water partition coefficient (Wildman–Crippen LogP) is 1.02. The molecular weight excluding hydrogens is 269 g/mol. The van der Waals surface area contributed by atoms with Crippen molar-refractivity contribution in [2.45, 2.75) is 18.9 Å². The molecule has 116 valence electrons. The zero-order chi connectivity index (χ0) is 14.8. The molecule has 6 heteroatoms. The molecule has 2 fully saturated rings. The molecule has 5 nitrogen and oxygen atoms in total. The van der Waals surface area contributed by atoms with E-state index in [2.05, 4.69) is 26.7 Å². The molecule has 0 atom stereocenters. The minimum absolute atomic E-state index is 0.312. The van der Waals surface area contributed by atoms with Crippen LogP contribution in [0.5, 0.6) is 0 Å². The van der Waals surface area contributed by atoms with Gasteiger partial charge in [-0.15, -0.1) is 0 Å². The molecule has 2 aliphatic heterocycles. The van der Waals surface area contributed by atoms with Gasteiger partial charge in [-0.25, -0.2) is 4.39 Å². The van der Waals surface area contributed by atoms with Crippen LogP contribution in [-0.4, -0.2) is 67.1 Å². The largest absolute Gasteiger partial charge is 0.396 e. The van der Waals surface area contributed by atoms with Gasteiger partial charge in [0.15, 0.2) is 5.82 Å². The molecule has 3 rings (SSSR count). The van der Waals surface area contributed by atoms with Crippen LogP contribution >= 0.6 is 0 Å². The van der Waals surface area contributed by atoms with Crippen molar-refractivity contribution in [1.82, 2.24) is 14.8 Å². The maximum absolute atomic E-state index is 13.9. The van der Waals surface area contributed by atoms with E-state index in [-0.39, 0.29) is 5.82 Å². The molecule has 0 aliphatic carbocycles. The number of pyridine rings is 1. The number of anilines is 2. The number of nitrogens with zero attached hydrogens (tertiary/aromatic N) is 4. The van der Waals surface area contributed by atoms with Gasteiger partial charge in [0.05, 0.1) is 23.8 Å². The first-order chi connectivity index (χ1) is 10.1. The molecule has 2 N–H and O–H groups in total. The number of hydrogen-bond donors (Lipinski definition) is 1. The molecule has 2 aliphatic rings.